The van der Waals surface area contributed by atoms with E-state index < -0.39 is 0 Å². The topological polar surface area (TPSA) is 0 Å². The lowest BCUT2D eigenvalue weighted by atomic mass is 10.0. The molecule has 0 aliphatic carbocycles. The second kappa shape index (κ2) is 4.43. The van der Waals surface area contributed by atoms with Crippen LogP contribution in [-0.4, -0.2) is 0 Å². The predicted octanol–water partition coefficient (Wildman–Crippen LogP) is 5.43. The average molecular weight is 258 g/mol. The van der Waals surface area contributed by atoms with Crippen LogP contribution in [0.25, 0.3) is 0 Å². The molecule has 0 atom stereocenters. The van der Waals surface area contributed by atoms with Crippen LogP contribution in [0.15, 0.2) is 62.0 Å². The Morgan fingerprint density at radius 3 is 2.00 bits per heavy atom. The van der Waals surface area contributed by atoms with Gasteiger partial charge in [-0.05, 0) is 35.7 Å². The van der Waals surface area contributed by atoms with Gasteiger partial charge < -0.3 is 0 Å². The Labute approximate surface area is 111 Å². The molecule has 0 fully saturated rings. The van der Waals surface area contributed by atoms with Crippen molar-refractivity contribution in [1.29, 1.82) is 0 Å². The highest BCUT2D eigenvalue weighted by Gasteiger charge is 2.16. The molecule has 0 bridgehead atoms. The third-order valence-corrected chi connectivity index (χ3v) is 5.47. The maximum absolute atomic E-state index is 2.34. The molecule has 0 N–H and O–H groups in total. The molecule has 2 aromatic carbocycles. The molecule has 1 heterocycles. The van der Waals surface area contributed by atoms with Crippen molar-refractivity contribution in [2.75, 3.05) is 0 Å². The van der Waals surface area contributed by atoms with Gasteiger partial charge in [0.25, 0.3) is 0 Å². The second-order valence-electron chi connectivity index (χ2n) is 4.51. The quantitative estimate of drug-likeness (QED) is 0.571. The number of hydrogen-bond acceptors (Lipinski definition) is 2. The zero-order valence-corrected chi connectivity index (χ0v) is 11.6. The Kier molecular flexibility index (Phi) is 2.93. The fraction of sp³-hybridized carbons (Fsp3) is 0.200. The van der Waals surface area contributed by atoms with Crippen molar-refractivity contribution in [3.63, 3.8) is 0 Å². The summed E-state index contributed by atoms with van der Waals surface area (Å²) in [6.45, 7) is 4.49. The van der Waals surface area contributed by atoms with Gasteiger partial charge in [-0.25, -0.2) is 0 Å². The molecule has 17 heavy (non-hydrogen) atoms. The zero-order chi connectivity index (χ0) is 11.8. The average Bonchev–Trinajstić information content (AvgIpc) is 2.35. The molecule has 0 unspecified atom stereocenters. The molecule has 2 aromatic rings. The van der Waals surface area contributed by atoms with Gasteiger partial charge in [-0.3, -0.25) is 0 Å². The standard InChI is InChI=1S/C15H14S2/c1-10(2)11-7-8-14-15(9-11)17-13-6-4-3-5-12(13)16-14/h3-10H,1-2H3. The number of rotatable bonds is 1. The van der Waals surface area contributed by atoms with Gasteiger partial charge in [-0.2, -0.15) is 0 Å². The van der Waals surface area contributed by atoms with E-state index in [4.69, 9.17) is 0 Å². The van der Waals surface area contributed by atoms with Crippen molar-refractivity contribution in [1.82, 2.24) is 0 Å². The van der Waals surface area contributed by atoms with Gasteiger partial charge in [0.2, 0.25) is 0 Å². The van der Waals surface area contributed by atoms with Crippen molar-refractivity contribution in [3.05, 3.63) is 48.0 Å². The largest absolute Gasteiger partial charge is 0.0877 e. The number of hydrogen-bond donors (Lipinski definition) is 0. The summed E-state index contributed by atoms with van der Waals surface area (Å²) in [4.78, 5) is 5.55. The molecule has 0 radical (unpaired) electrons. The Balaban J connectivity index is 2.03. The van der Waals surface area contributed by atoms with Gasteiger partial charge in [0, 0.05) is 19.6 Å². The molecule has 86 valence electrons. The van der Waals surface area contributed by atoms with Crippen LogP contribution in [0.5, 0.6) is 0 Å². The van der Waals surface area contributed by atoms with E-state index in [2.05, 4.69) is 56.3 Å². The van der Waals surface area contributed by atoms with Gasteiger partial charge in [0.1, 0.15) is 0 Å². The summed E-state index contributed by atoms with van der Waals surface area (Å²) >= 11 is 3.78. The number of benzene rings is 2. The Morgan fingerprint density at radius 2 is 1.35 bits per heavy atom. The van der Waals surface area contributed by atoms with Crippen molar-refractivity contribution < 1.29 is 0 Å². The van der Waals surface area contributed by atoms with Crippen LogP contribution < -0.4 is 0 Å². The van der Waals surface area contributed by atoms with Crippen LogP contribution in [0.4, 0.5) is 0 Å². The third-order valence-electron chi connectivity index (χ3n) is 2.92. The number of fused-ring (bicyclic) bond motifs is 2. The molecular formula is C15H14S2. The molecule has 0 saturated heterocycles. The fourth-order valence-corrected chi connectivity index (χ4v) is 4.17. The van der Waals surface area contributed by atoms with E-state index in [1.54, 1.807) is 0 Å². The summed E-state index contributed by atoms with van der Waals surface area (Å²) in [6.07, 6.45) is 0. The molecule has 2 heteroatoms. The minimum Gasteiger partial charge on any atom is -0.0877 e. The lowest BCUT2D eigenvalue weighted by molar-refractivity contribution is 0.857. The van der Waals surface area contributed by atoms with E-state index >= 15 is 0 Å². The predicted molar refractivity (Wildman–Crippen MR) is 75.2 cm³/mol. The van der Waals surface area contributed by atoms with Crippen LogP contribution in [0.3, 0.4) is 0 Å². The van der Waals surface area contributed by atoms with Gasteiger partial charge in [0.15, 0.2) is 0 Å². The van der Waals surface area contributed by atoms with Crippen molar-refractivity contribution in [2.45, 2.75) is 39.3 Å². The minimum atomic E-state index is 0.600. The van der Waals surface area contributed by atoms with Gasteiger partial charge in [0.05, 0.1) is 0 Å². The summed E-state index contributed by atoms with van der Waals surface area (Å²) in [6, 6.07) is 15.5. The van der Waals surface area contributed by atoms with Crippen LogP contribution in [0.2, 0.25) is 0 Å². The SMILES string of the molecule is CC(C)c1ccc2c(c1)Sc1ccccc1S2. The first-order valence-electron chi connectivity index (χ1n) is 5.83. The lowest BCUT2D eigenvalue weighted by Gasteiger charge is -2.19. The lowest BCUT2D eigenvalue weighted by Crippen LogP contribution is -1.93. The zero-order valence-electron chi connectivity index (χ0n) is 9.94. The van der Waals surface area contributed by atoms with E-state index in [9.17, 15) is 0 Å². The maximum Gasteiger partial charge on any atom is 0.0265 e. The first-order valence-corrected chi connectivity index (χ1v) is 7.46. The molecule has 0 amide bonds. The Bertz CT molecular complexity index is 559. The van der Waals surface area contributed by atoms with Crippen molar-refractivity contribution in [3.8, 4) is 0 Å². The summed E-state index contributed by atoms with van der Waals surface area (Å²) in [5, 5.41) is 0. The minimum absolute atomic E-state index is 0.600. The van der Waals surface area contributed by atoms with Crippen molar-refractivity contribution in [2.24, 2.45) is 0 Å². The van der Waals surface area contributed by atoms with E-state index in [1.165, 1.54) is 25.1 Å². The second-order valence-corrected chi connectivity index (χ2v) is 6.68. The molecule has 0 saturated carbocycles. The highest BCUT2D eigenvalue weighted by Crippen LogP contribution is 2.48. The highest BCUT2D eigenvalue weighted by molar-refractivity contribution is 8.05. The van der Waals surface area contributed by atoms with E-state index in [1.807, 2.05) is 23.5 Å². The van der Waals surface area contributed by atoms with E-state index in [0.717, 1.165) is 0 Å². The third kappa shape index (κ3) is 2.12. The normalized spacial score (nSPS) is 13.4. The molecule has 3 rings (SSSR count). The Morgan fingerprint density at radius 1 is 0.765 bits per heavy atom. The summed E-state index contributed by atoms with van der Waals surface area (Å²) in [5.74, 6) is 0.600. The highest BCUT2D eigenvalue weighted by atomic mass is 32.2. The first kappa shape index (κ1) is 11.2. The van der Waals surface area contributed by atoms with Crippen molar-refractivity contribution >= 4 is 23.5 Å². The summed E-state index contributed by atoms with van der Waals surface area (Å²) < 4.78 is 0. The van der Waals surface area contributed by atoms with E-state index in [-0.39, 0.29) is 0 Å². The van der Waals surface area contributed by atoms with E-state index in [0.29, 0.717) is 5.92 Å². The molecular weight excluding hydrogens is 244 g/mol. The van der Waals surface area contributed by atoms with Crippen LogP contribution >= 0.6 is 23.5 Å². The van der Waals surface area contributed by atoms with Crippen LogP contribution in [0.1, 0.15) is 25.3 Å². The molecule has 1 aliphatic heterocycles. The van der Waals surface area contributed by atoms with Gasteiger partial charge >= 0.3 is 0 Å². The van der Waals surface area contributed by atoms with Gasteiger partial charge in [-0.1, -0.05) is 55.6 Å². The maximum atomic E-state index is 2.34. The molecule has 0 aromatic heterocycles. The first-order chi connectivity index (χ1) is 8.24. The van der Waals surface area contributed by atoms with Crippen LogP contribution in [0, 0.1) is 0 Å². The Hall–Kier alpha value is -0.860. The van der Waals surface area contributed by atoms with Crippen LogP contribution in [-0.2, 0) is 0 Å². The monoisotopic (exact) mass is 258 g/mol. The fourth-order valence-electron chi connectivity index (χ4n) is 1.90. The smallest absolute Gasteiger partial charge is 0.0265 e. The van der Waals surface area contributed by atoms with Gasteiger partial charge in [-0.15, -0.1) is 0 Å². The molecule has 0 spiro atoms. The molecule has 0 nitrogen and oxygen atoms in total. The summed E-state index contributed by atoms with van der Waals surface area (Å²) in [7, 11) is 0. The summed E-state index contributed by atoms with van der Waals surface area (Å²) in [5.41, 5.74) is 1.43. The molecule has 1 aliphatic rings.